The molecule has 0 saturated heterocycles. The van der Waals surface area contributed by atoms with Gasteiger partial charge in [0.25, 0.3) is 0 Å². The number of quaternary nitrogens is 1. The molecule has 0 aliphatic carbocycles. The fraction of sp³-hybridized carbons (Fsp3) is 0.879. The van der Waals surface area contributed by atoms with Gasteiger partial charge in [0.1, 0.15) is 13.2 Å². The Kier molecular flexibility index (Phi) is 48.7. The lowest BCUT2D eigenvalue weighted by atomic mass is 10.0. The van der Waals surface area contributed by atoms with E-state index in [1.165, 1.54) is 199 Å². The monoisotopic (exact) mass is 966 g/mol. The van der Waals surface area contributed by atoms with Gasteiger partial charge in [-0.2, -0.15) is 0 Å². The zero-order chi connectivity index (χ0) is 49.2. The highest BCUT2D eigenvalue weighted by molar-refractivity contribution is 7.47. The second kappa shape index (κ2) is 49.7. The lowest BCUT2D eigenvalue weighted by Crippen LogP contribution is -2.46. The summed E-state index contributed by atoms with van der Waals surface area (Å²) < 4.78 is 23.6. The second-order valence-corrected chi connectivity index (χ2v) is 22.5. The molecular weight excluding hydrogens is 852 g/mol. The van der Waals surface area contributed by atoms with Gasteiger partial charge in [-0.05, 0) is 51.4 Å². The average molecular weight is 967 g/mol. The number of carbonyl (C=O) groups excluding carboxylic acids is 1. The molecule has 0 spiro atoms. The maximum Gasteiger partial charge on any atom is 0.472 e. The summed E-state index contributed by atoms with van der Waals surface area (Å²) in [6, 6.07) is -0.756. The number of phosphoric ester groups is 1. The lowest BCUT2D eigenvalue weighted by Gasteiger charge is -2.26. The minimum atomic E-state index is -4.31. The van der Waals surface area contributed by atoms with Crippen molar-refractivity contribution >= 4 is 13.7 Å². The molecule has 396 valence electrons. The van der Waals surface area contributed by atoms with Gasteiger partial charge >= 0.3 is 7.82 Å². The highest BCUT2D eigenvalue weighted by Crippen LogP contribution is 2.43. The first-order valence-corrected chi connectivity index (χ1v) is 30.3. The smallest absolute Gasteiger partial charge is 0.391 e. The van der Waals surface area contributed by atoms with Gasteiger partial charge in [-0.3, -0.25) is 13.8 Å². The molecule has 1 amide bonds. The van der Waals surface area contributed by atoms with E-state index < -0.39 is 20.0 Å². The number of nitrogens with one attached hydrogen (secondary N) is 1. The van der Waals surface area contributed by atoms with E-state index in [1.54, 1.807) is 0 Å². The van der Waals surface area contributed by atoms with Crippen LogP contribution >= 0.6 is 7.82 Å². The van der Waals surface area contributed by atoms with Crippen molar-refractivity contribution < 1.29 is 32.9 Å². The second-order valence-electron chi connectivity index (χ2n) is 21.0. The maximum atomic E-state index is 12.9. The first-order chi connectivity index (χ1) is 32.5. The number of carbonyl (C=O) groups is 1. The number of nitrogens with zero attached hydrogens (tertiary/aromatic N) is 1. The zero-order valence-electron chi connectivity index (χ0n) is 45.2. The van der Waals surface area contributed by atoms with Crippen molar-refractivity contribution in [1.29, 1.82) is 0 Å². The molecule has 0 saturated carbocycles. The van der Waals surface area contributed by atoms with Crippen LogP contribution in [-0.4, -0.2) is 73.4 Å². The van der Waals surface area contributed by atoms with Crippen LogP contribution in [0.4, 0.5) is 0 Å². The van der Waals surface area contributed by atoms with E-state index in [-0.39, 0.29) is 19.1 Å². The zero-order valence-corrected chi connectivity index (χ0v) is 46.0. The summed E-state index contributed by atoms with van der Waals surface area (Å²) in [5, 5.41) is 13.9. The van der Waals surface area contributed by atoms with E-state index in [2.05, 4.69) is 55.6 Å². The van der Waals surface area contributed by atoms with Gasteiger partial charge in [0, 0.05) is 6.42 Å². The van der Waals surface area contributed by atoms with Gasteiger partial charge in [-0.1, -0.05) is 256 Å². The molecule has 0 bridgehead atoms. The van der Waals surface area contributed by atoms with Crippen LogP contribution in [0.1, 0.15) is 277 Å². The molecule has 8 nitrogen and oxygen atoms in total. The van der Waals surface area contributed by atoms with E-state index in [4.69, 9.17) is 9.05 Å². The Labute approximate surface area is 417 Å². The van der Waals surface area contributed by atoms with E-state index in [0.29, 0.717) is 23.9 Å². The fourth-order valence-electron chi connectivity index (χ4n) is 8.58. The summed E-state index contributed by atoms with van der Waals surface area (Å²) in [6.45, 7) is 4.86. The summed E-state index contributed by atoms with van der Waals surface area (Å²) >= 11 is 0. The molecule has 0 aromatic heterocycles. The van der Waals surface area contributed by atoms with E-state index >= 15 is 0 Å². The van der Waals surface area contributed by atoms with Crippen LogP contribution < -0.4 is 5.32 Å². The fourth-order valence-corrected chi connectivity index (χ4v) is 9.32. The van der Waals surface area contributed by atoms with Crippen LogP contribution in [0.2, 0.25) is 0 Å². The Balaban J connectivity index is 3.80. The van der Waals surface area contributed by atoms with Gasteiger partial charge in [-0.15, -0.1) is 0 Å². The van der Waals surface area contributed by atoms with Crippen LogP contribution in [-0.2, 0) is 18.4 Å². The van der Waals surface area contributed by atoms with Crippen LogP contribution in [0.5, 0.6) is 0 Å². The average Bonchev–Trinajstić information content (AvgIpc) is 3.29. The third kappa shape index (κ3) is 52.4. The molecule has 3 atom stereocenters. The Morgan fingerprint density at radius 2 is 0.851 bits per heavy atom. The van der Waals surface area contributed by atoms with Crippen molar-refractivity contribution in [2.75, 3.05) is 40.9 Å². The van der Waals surface area contributed by atoms with E-state index in [9.17, 15) is 19.4 Å². The molecule has 3 N–H and O–H groups in total. The van der Waals surface area contributed by atoms with Gasteiger partial charge in [0.2, 0.25) is 5.91 Å². The third-order valence-corrected chi connectivity index (χ3v) is 14.1. The number of aliphatic hydroxyl groups excluding tert-OH is 1. The van der Waals surface area contributed by atoms with Crippen LogP contribution in [0.15, 0.2) is 36.5 Å². The number of hydrogen-bond acceptors (Lipinski definition) is 5. The molecular formula is C58H114N2O6P+. The minimum absolute atomic E-state index is 0.0760. The Bertz CT molecular complexity index is 1190. The summed E-state index contributed by atoms with van der Waals surface area (Å²) in [5.41, 5.74) is 0. The highest BCUT2D eigenvalue weighted by Gasteiger charge is 2.28. The van der Waals surface area contributed by atoms with E-state index in [0.717, 1.165) is 51.4 Å². The Morgan fingerprint density at radius 1 is 0.507 bits per heavy atom. The molecule has 0 aromatic rings. The lowest BCUT2D eigenvalue weighted by molar-refractivity contribution is -0.870. The summed E-state index contributed by atoms with van der Waals surface area (Å²) in [6.07, 6.45) is 63.9. The molecule has 0 fully saturated rings. The maximum absolute atomic E-state index is 12.9. The Morgan fingerprint density at radius 3 is 1.24 bits per heavy atom. The van der Waals surface area contributed by atoms with Gasteiger partial charge in [-0.25, -0.2) is 4.57 Å². The van der Waals surface area contributed by atoms with Gasteiger partial charge < -0.3 is 19.8 Å². The number of allylic oxidation sites excluding steroid dienone is 6. The molecule has 67 heavy (non-hydrogen) atoms. The topological polar surface area (TPSA) is 105 Å². The standard InChI is InChI=1S/C58H113N2O6P/c1-6-8-10-12-14-16-17-18-19-20-21-22-23-24-25-26-27-28-29-30-31-32-33-34-35-36-37-38-39-40-41-42-43-44-46-48-50-52-58(62)59-56(55-66-67(63,64)65-54-53-60(3,4)5)57(61)51-49-47-45-15-13-11-9-7-2/h17-18,20-21,23-24,56-57,61H,6-16,19,22,25-55H2,1-5H3,(H-,59,62,63,64)/p+1/b18-17-,21-20-,24-23-. The van der Waals surface area contributed by atoms with Crippen LogP contribution in [0.3, 0.4) is 0 Å². The normalized spacial score (nSPS) is 14.2. The molecule has 0 heterocycles. The number of unbranched alkanes of at least 4 members (excludes halogenated alkanes) is 34. The van der Waals surface area contributed by atoms with Gasteiger partial charge in [0.05, 0.1) is 39.9 Å². The largest absolute Gasteiger partial charge is 0.472 e. The predicted octanol–water partition coefficient (Wildman–Crippen LogP) is 17.4. The molecule has 0 aliphatic rings. The highest BCUT2D eigenvalue weighted by atomic mass is 31.2. The number of hydrogen-bond donors (Lipinski definition) is 3. The van der Waals surface area contributed by atoms with Crippen LogP contribution in [0.25, 0.3) is 0 Å². The number of amides is 1. The first kappa shape index (κ1) is 65.7. The number of aliphatic hydroxyl groups is 1. The molecule has 0 rings (SSSR count). The van der Waals surface area contributed by atoms with Gasteiger partial charge in [0.15, 0.2) is 0 Å². The predicted molar refractivity (Wildman–Crippen MR) is 291 cm³/mol. The molecule has 0 radical (unpaired) electrons. The van der Waals surface area contributed by atoms with Crippen molar-refractivity contribution in [3.63, 3.8) is 0 Å². The van der Waals surface area contributed by atoms with Crippen molar-refractivity contribution in [2.45, 2.75) is 289 Å². The van der Waals surface area contributed by atoms with Crippen molar-refractivity contribution in [3.8, 4) is 0 Å². The SMILES string of the molecule is CCCCCCC/C=C\C/C=C\C/C=C\CCCCCCCCCCCCCCCCCCCCCCCCC(=O)NC(COP(=O)(O)OCC[N+](C)(C)C)C(O)CCCCCCCCCC. The van der Waals surface area contributed by atoms with Crippen molar-refractivity contribution in [1.82, 2.24) is 5.32 Å². The molecule has 0 aromatic carbocycles. The molecule has 3 unspecified atom stereocenters. The summed E-state index contributed by atoms with van der Waals surface area (Å²) in [5.74, 6) is -0.144. The molecule has 9 heteroatoms. The van der Waals surface area contributed by atoms with Crippen molar-refractivity contribution in [2.24, 2.45) is 0 Å². The Hall–Kier alpha value is -1.28. The summed E-state index contributed by atoms with van der Waals surface area (Å²) in [4.78, 5) is 23.2. The quantitative estimate of drug-likeness (QED) is 0.0243. The summed E-state index contributed by atoms with van der Waals surface area (Å²) in [7, 11) is 1.62. The first-order valence-electron chi connectivity index (χ1n) is 28.9. The number of phosphoric acid groups is 1. The number of rotatable bonds is 53. The van der Waals surface area contributed by atoms with E-state index in [1.807, 2.05) is 21.1 Å². The van der Waals surface area contributed by atoms with Crippen molar-refractivity contribution in [3.05, 3.63) is 36.5 Å². The molecule has 0 aliphatic heterocycles. The minimum Gasteiger partial charge on any atom is -0.391 e. The third-order valence-electron chi connectivity index (χ3n) is 13.1. The number of likely N-dealkylation sites (N-methyl/N-ethyl adjacent to an activating group) is 1. The van der Waals surface area contributed by atoms with Crippen LogP contribution in [0, 0.1) is 0 Å².